The van der Waals surface area contributed by atoms with Crippen LogP contribution in [-0.4, -0.2) is 30.1 Å². The molecule has 30 heavy (non-hydrogen) atoms. The lowest BCUT2D eigenvalue weighted by molar-refractivity contribution is 0.262. The Morgan fingerprint density at radius 2 is 1.83 bits per heavy atom. The highest BCUT2D eigenvalue weighted by Crippen LogP contribution is 2.46. The van der Waals surface area contributed by atoms with E-state index >= 15 is 0 Å². The molecule has 10 heteroatoms. The summed E-state index contributed by atoms with van der Waals surface area (Å²) in [5.41, 5.74) is 8.89. The second-order valence-corrected chi connectivity index (χ2v) is 7.76. The second kappa shape index (κ2) is 8.61. The molecule has 4 N–H and O–H groups in total. The number of benzene rings is 1. The first-order valence-electron chi connectivity index (χ1n) is 9.46. The molecule has 0 radical (unpaired) electrons. The number of hydrazine groups is 2. The van der Waals surface area contributed by atoms with E-state index in [1.165, 1.54) is 6.20 Å². The molecule has 1 saturated carbocycles. The number of carbonyl (C=O) groups excluding carboxylic acids is 1. The lowest BCUT2D eigenvalue weighted by atomic mass is 10.0. The predicted molar refractivity (Wildman–Crippen MR) is 121 cm³/mol. The summed E-state index contributed by atoms with van der Waals surface area (Å²) in [6.07, 6.45) is 5.39. The summed E-state index contributed by atoms with van der Waals surface area (Å²) in [5, 5.41) is 9.26. The molecule has 8 nitrogen and oxygen atoms in total. The van der Waals surface area contributed by atoms with E-state index in [0.29, 0.717) is 33.2 Å². The molecule has 2 heterocycles. The van der Waals surface area contributed by atoms with E-state index in [4.69, 9.17) is 23.2 Å². The first-order valence-corrected chi connectivity index (χ1v) is 10.2. The molecule has 0 unspecified atom stereocenters. The molecule has 1 aliphatic rings. The molecule has 156 valence electrons. The maximum Gasteiger partial charge on any atom is 0.323 e. The lowest BCUT2D eigenvalue weighted by Crippen LogP contribution is -2.45. The van der Waals surface area contributed by atoms with Crippen LogP contribution in [0.15, 0.2) is 36.7 Å². The molecule has 1 aromatic carbocycles. The zero-order valence-corrected chi connectivity index (χ0v) is 18.0. The van der Waals surface area contributed by atoms with Crippen molar-refractivity contribution in [3.63, 3.8) is 0 Å². The average molecular weight is 446 g/mol. The minimum Gasteiger partial charge on any atom is -0.306 e. The zero-order valence-electron chi connectivity index (χ0n) is 16.5. The van der Waals surface area contributed by atoms with Crippen LogP contribution in [0.3, 0.4) is 0 Å². The van der Waals surface area contributed by atoms with Gasteiger partial charge in [0.1, 0.15) is 0 Å². The first-order chi connectivity index (χ1) is 14.5. The molecule has 0 saturated heterocycles. The van der Waals surface area contributed by atoms with Crippen LogP contribution in [0, 0.1) is 0 Å². The van der Waals surface area contributed by atoms with Gasteiger partial charge in [0, 0.05) is 24.5 Å². The number of halogens is 2. The number of nitrogens with one attached hydrogen (secondary N) is 4. The summed E-state index contributed by atoms with van der Waals surface area (Å²) in [7, 11) is 3.47. The Kier molecular flexibility index (Phi) is 5.92. The fourth-order valence-electron chi connectivity index (χ4n) is 3.37. The number of rotatable bonds is 6. The molecule has 0 aliphatic heterocycles. The molecule has 1 fully saturated rings. The smallest absolute Gasteiger partial charge is 0.306 e. The van der Waals surface area contributed by atoms with Crippen LogP contribution in [0.4, 0.5) is 22.0 Å². The number of hydrogen-bond acceptors (Lipinski definition) is 6. The highest BCUT2D eigenvalue weighted by atomic mass is 35.5. The Labute approximate surface area is 183 Å². The summed E-state index contributed by atoms with van der Waals surface area (Å²) in [5.74, 6) is 0.900. The zero-order chi connectivity index (χ0) is 21.3. The number of aromatic nitrogens is 2. The number of hydrogen-bond donors (Lipinski definition) is 4. The van der Waals surface area contributed by atoms with Crippen LogP contribution in [-0.2, 0) is 0 Å². The third-order valence-electron chi connectivity index (χ3n) is 4.85. The average Bonchev–Trinajstić information content (AvgIpc) is 3.55. The molecule has 1 aliphatic carbocycles. The number of fused-ring (bicyclic) bond motifs is 1. The molecule has 3 aromatic rings. The number of anilines is 3. The minimum atomic E-state index is -0.392. The molecule has 0 bridgehead atoms. The molecule has 0 spiro atoms. The SMILES string of the molecule is CNN(NC)c1ncc(NC(=O)Nc2cnc3cc(Cl)ccc3c2C2CC2)cc1Cl. The lowest BCUT2D eigenvalue weighted by Gasteiger charge is -2.21. The topological polar surface area (TPSA) is 94.2 Å². The van der Waals surface area contributed by atoms with Gasteiger partial charge >= 0.3 is 6.03 Å². The standard InChI is InChI=1S/C20H21Cl2N7O/c1-23-29(24-2)19-15(22)8-13(9-26-19)27-20(30)28-17-10-25-16-7-12(21)5-6-14(16)18(17)11-3-4-11/h5-11,23-24H,3-4H2,1-2H3,(H2,27,28,30). The molecule has 2 amide bonds. The number of urea groups is 1. The van der Waals surface area contributed by atoms with E-state index in [9.17, 15) is 4.79 Å². The van der Waals surface area contributed by atoms with Crippen molar-refractivity contribution in [1.29, 1.82) is 0 Å². The van der Waals surface area contributed by atoms with Crippen molar-refractivity contribution in [2.45, 2.75) is 18.8 Å². The van der Waals surface area contributed by atoms with Crippen LogP contribution in [0.25, 0.3) is 10.9 Å². The highest BCUT2D eigenvalue weighted by Gasteiger charge is 2.29. The Balaban J connectivity index is 1.55. The van der Waals surface area contributed by atoms with Crippen molar-refractivity contribution in [3.8, 4) is 0 Å². The van der Waals surface area contributed by atoms with Gasteiger partial charge in [0.25, 0.3) is 0 Å². The van der Waals surface area contributed by atoms with Crippen LogP contribution < -0.4 is 26.6 Å². The second-order valence-electron chi connectivity index (χ2n) is 6.91. The Morgan fingerprint density at radius 1 is 1.07 bits per heavy atom. The van der Waals surface area contributed by atoms with Crippen LogP contribution in [0.1, 0.15) is 24.3 Å². The predicted octanol–water partition coefficient (Wildman–Crippen LogP) is 4.53. The minimum absolute atomic E-state index is 0.374. The van der Waals surface area contributed by atoms with Crippen LogP contribution >= 0.6 is 23.2 Å². The number of carbonyl (C=O) groups is 1. The fraction of sp³-hybridized carbons (Fsp3) is 0.250. The largest absolute Gasteiger partial charge is 0.323 e. The van der Waals surface area contributed by atoms with Gasteiger partial charge in [-0.15, -0.1) is 0 Å². The van der Waals surface area contributed by atoms with Crippen LogP contribution in [0.2, 0.25) is 10.0 Å². The summed E-state index contributed by atoms with van der Waals surface area (Å²) in [6, 6.07) is 6.88. The van der Waals surface area contributed by atoms with E-state index in [2.05, 4.69) is 31.5 Å². The normalized spacial score (nSPS) is 13.3. The fourth-order valence-corrected chi connectivity index (χ4v) is 3.79. The van der Waals surface area contributed by atoms with Crippen molar-refractivity contribution in [2.75, 3.05) is 29.8 Å². The monoisotopic (exact) mass is 445 g/mol. The molecule has 0 atom stereocenters. The molecular formula is C20H21Cl2N7O. The molecular weight excluding hydrogens is 425 g/mol. The summed E-state index contributed by atoms with van der Waals surface area (Å²) in [4.78, 5) is 21.4. The van der Waals surface area contributed by atoms with Crippen molar-refractivity contribution >= 4 is 57.3 Å². The highest BCUT2D eigenvalue weighted by molar-refractivity contribution is 6.33. The molecule has 4 rings (SSSR count). The third kappa shape index (κ3) is 4.27. The summed E-state index contributed by atoms with van der Waals surface area (Å²) in [6.45, 7) is 0. The Morgan fingerprint density at radius 3 is 2.50 bits per heavy atom. The van der Waals surface area contributed by atoms with E-state index in [0.717, 1.165) is 29.3 Å². The van der Waals surface area contributed by atoms with Crippen molar-refractivity contribution in [2.24, 2.45) is 0 Å². The van der Waals surface area contributed by atoms with Crippen molar-refractivity contribution in [1.82, 2.24) is 20.8 Å². The van der Waals surface area contributed by atoms with Gasteiger partial charge < -0.3 is 10.6 Å². The van der Waals surface area contributed by atoms with Crippen molar-refractivity contribution in [3.05, 3.63) is 52.3 Å². The Hall–Kier alpha value is -2.65. The van der Waals surface area contributed by atoms with Gasteiger partial charge in [-0.25, -0.2) is 25.7 Å². The summed E-state index contributed by atoms with van der Waals surface area (Å²) >= 11 is 12.4. The first kappa shape index (κ1) is 20.6. The van der Waals surface area contributed by atoms with Gasteiger partial charge in [-0.1, -0.05) is 29.3 Å². The summed E-state index contributed by atoms with van der Waals surface area (Å²) < 4.78 is 0. The Bertz CT molecular complexity index is 1100. The van der Waals surface area contributed by atoms with Gasteiger partial charge in [0.15, 0.2) is 5.82 Å². The maximum absolute atomic E-state index is 12.6. The van der Waals surface area contributed by atoms with Gasteiger partial charge in [-0.3, -0.25) is 4.98 Å². The molecule has 2 aromatic heterocycles. The van der Waals surface area contributed by atoms with Crippen LogP contribution in [0.5, 0.6) is 0 Å². The van der Waals surface area contributed by atoms with Gasteiger partial charge in [0.2, 0.25) is 0 Å². The van der Waals surface area contributed by atoms with E-state index in [1.54, 1.807) is 31.5 Å². The maximum atomic E-state index is 12.6. The number of pyridine rings is 2. The van der Waals surface area contributed by atoms with Gasteiger partial charge in [-0.05, 0) is 42.5 Å². The third-order valence-corrected chi connectivity index (χ3v) is 5.36. The van der Waals surface area contributed by atoms with E-state index in [-0.39, 0.29) is 0 Å². The van der Waals surface area contributed by atoms with E-state index < -0.39 is 6.03 Å². The van der Waals surface area contributed by atoms with Gasteiger partial charge in [0.05, 0.1) is 34.3 Å². The van der Waals surface area contributed by atoms with E-state index in [1.807, 2.05) is 18.2 Å². The van der Waals surface area contributed by atoms with Crippen molar-refractivity contribution < 1.29 is 4.79 Å². The number of nitrogens with zero attached hydrogens (tertiary/aromatic N) is 3. The van der Waals surface area contributed by atoms with Gasteiger partial charge in [-0.2, -0.15) is 0 Å². The quantitative estimate of drug-likeness (QED) is 0.416. The number of amides is 2.